The van der Waals surface area contributed by atoms with Gasteiger partial charge in [-0.2, -0.15) is 0 Å². The van der Waals surface area contributed by atoms with Crippen LogP contribution in [0.25, 0.3) is 0 Å². The second kappa shape index (κ2) is 14.0. The molecule has 0 spiro atoms. The zero-order chi connectivity index (χ0) is 28.6. The number of halogens is 3. The molecule has 1 N–H and O–H groups in total. The van der Waals surface area contributed by atoms with E-state index in [9.17, 15) is 18.0 Å². The standard InChI is InChI=1S/C28H30Cl3N3O4S/c1-32-28(36)26(18-20-8-4-3-5-9-20)33(19-23-24(30)10-6-11-25(23)31)27(35)12-7-17-34(39(2,37)38)22-15-13-21(29)14-16-22/h3-6,8-11,13-16,26H,7,12,17-19H2,1-2H3,(H,32,36)/t26-/m1/s1. The van der Waals surface area contributed by atoms with Gasteiger partial charge in [0.2, 0.25) is 21.8 Å². The first-order valence-corrected chi connectivity index (χ1v) is 15.2. The normalized spacial score (nSPS) is 12.0. The van der Waals surface area contributed by atoms with Crippen molar-refractivity contribution in [1.82, 2.24) is 10.2 Å². The van der Waals surface area contributed by atoms with E-state index in [1.165, 1.54) is 16.3 Å². The number of hydrogen-bond acceptors (Lipinski definition) is 4. The molecule has 7 nitrogen and oxygen atoms in total. The summed E-state index contributed by atoms with van der Waals surface area (Å²) in [5.41, 5.74) is 1.84. The molecule has 0 aliphatic rings. The summed E-state index contributed by atoms with van der Waals surface area (Å²) in [6, 6.07) is 20.0. The van der Waals surface area contributed by atoms with Crippen molar-refractivity contribution in [2.45, 2.75) is 31.8 Å². The van der Waals surface area contributed by atoms with Gasteiger partial charge in [0.25, 0.3) is 0 Å². The monoisotopic (exact) mass is 609 g/mol. The fraction of sp³-hybridized carbons (Fsp3) is 0.286. The van der Waals surface area contributed by atoms with Crippen LogP contribution in [-0.2, 0) is 32.6 Å². The molecule has 2 amide bonds. The van der Waals surface area contributed by atoms with E-state index in [0.717, 1.165) is 11.8 Å². The summed E-state index contributed by atoms with van der Waals surface area (Å²) in [4.78, 5) is 28.3. The molecule has 3 rings (SSSR count). The third kappa shape index (κ3) is 8.60. The van der Waals surface area contributed by atoms with Crippen molar-refractivity contribution in [3.63, 3.8) is 0 Å². The number of likely N-dealkylation sites (N-methyl/N-ethyl adjacent to an activating group) is 1. The SMILES string of the molecule is CNC(=O)[C@@H](Cc1ccccc1)N(Cc1c(Cl)cccc1Cl)C(=O)CCCN(c1ccc(Cl)cc1)S(C)(=O)=O. The highest BCUT2D eigenvalue weighted by molar-refractivity contribution is 7.92. The smallest absolute Gasteiger partial charge is 0.242 e. The molecule has 0 saturated carbocycles. The molecule has 0 aromatic heterocycles. The van der Waals surface area contributed by atoms with Crippen LogP contribution in [0.15, 0.2) is 72.8 Å². The number of rotatable bonds is 12. The minimum atomic E-state index is -3.62. The zero-order valence-electron chi connectivity index (χ0n) is 21.6. The summed E-state index contributed by atoms with van der Waals surface area (Å²) in [6.45, 7) is 0.0749. The Hall–Kier alpha value is -2.78. The highest BCUT2D eigenvalue weighted by Crippen LogP contribution is 2.28. The summed E-state index contributed by atoms with van der Waals surface area (Å²) in [5.74, 6) is -0.672. The number of nitrogens with one attached hydrogen (secondary N) is 1. The number of carbonyl (C=O) groups excluding carboxylic acids is 2. The number of anilines is 1. The van der Waals surface area contributed by atoms with Crippen LogP contribution in [0.1, 0.15) is 24.0 Å². The molecule has 0 aliphatic heterocycles. The molecule has 0 saturated heterocycles. The highest BCUT2D eigenvalue weighted by Gasteiger charge is 2.31. The molecule has 39 heavy (non-hydrogen) atoms. The van der Waals surface area contributed by atoms with Crippen molar-refractivity contribution in [3.05, 3.63) is 99.0 Å². The number of sulfonamides is 1. The molecule has 1 atom stereocenters. The molecule has 208 valence electrons. The predicted molar refractivity (Wildman–Crippen MR) is 158 cm³/mol. The van der Waals surface area contributed by atoms with Crippen molar-refractivity contribution in [3.8, 4) is 0 Å². The Kier molecular flexibility index (Phi) is 11.1. The maximum absolute atomic E-state index is 13.7. The van der Waals surface area contributed by atoms with Gasteiger partial charge in [0.1, 0.15) is 6.04 Å². The summed E-state index contributed by atoms with van der Waals surface area (Å²) in [5, 5.41) is 3.89. The summed E-state index contributed by atoms with van der Waals surface area (Å²) >= 11 is 18.8. The van der Waals surface area contributed by atoms with Crippen LogP contribution in [0.4, 0.5) is 5.69 Å². The van der Waals surface area contributed by atoms with E-state index in [4.69, 9.17) is 34.8 Å². The summed E-state index contributed by atoms with van der Waals surface area (Å²) < 4.78 is 26.2. The molecule has 0 aliphatic carbocycles. The van der Waals surface area contributed by atoms with Gasteiger partial charge in [-0.05, 0) is 48.4 Å². The van der Waals surface area contributed by atoms with Crippen LogP contribution in [0.5, 0.6) is 0 Å². The summed E-state index contributed by atoms with van der Waals surface area (Å²) in [7, 11) is -2.10. The zero-order valence-corrected chi connectivity index (χ0v) is 24.7. The Morgan fingerprint density at radius 1 is 0.897 bits per heavy atom. The van der Waals surface area contributed by atoms with Gasteiger partial charge in [0.05, 0.1) is 11.9 Å². The van der Waals surface area contributed by atoms with Gasteiger partial charge >= 0.3 is 0 Å². The van der Waals surface area contributed by atoms with Crippen LogP contribution in [0.2, 0.25) is 15.1 Å². The first-order valence-electron chi connectivity index (χ1n) is 12.2. The molecule has 3 aromatic carbocycles. The third-order valence-electron chi connectivity index (χ3n) is 6.17. The number of amides is 2. The Morgan fingerprint density at radius 2 is 1.51 bits per heavy atom. The van der Waals surface area contributed by atoms with Gasteiger partial charge in [-0.25, -0.2) is 8.42 Å². The number of carbonyl (C=O) groups is 2. The molecule has 0 bridgehead atoms. The van der Waals surface area contributed by atoms with Crippen molar-refractivity contribution in [1.29, 1.82) is 0 Å². The molecule has 0 heterocycles. The van der Waals surface area contributed by atoms with Crippen LogP contribution in [-0.4, -0.2) is 51.0 Å². The average Bonchev–Trinajstić information content (AvgIpc) is 2.90. The number of hydrogen-bond donors (Lipinski definition) is 1. The van der Waals surface area contributed by atoms with Gasteiger partial charge in [-0.15, -0.1) is 0 Å². The topological polar surface area (TPSA) is 86.8 Å². The van der Waals surface area contributed by atoms with Gasteiger partial charge in [-0.3, -0.25) is 13.9 Å². The van der Waals surface area contributed by atoms with Gasteiger partial charge in [0.15, 0.2) is 0 Å². The lowest BCUT2D eigenvalue weighted by Crippen LogP contribution is -2.50. The Morgan fingerprint density at radius 3 is 2.08 bits per heavy atom. The maximum atomic E-state index is 13.7. The minimum Gasteiger partial charge on any atom is -0.357 e. The lowest BCUT2D eigenvalue weighted by atomic mass is 10.0. The lowest BCUT2D eigenvalue weighted by molar-refractivity contribution is -0.141. The van der Waals surface area contributed by atoms with Crippen molar-refractivity contribution >= 4 is 62.3 Å². The lowest BCUT2D eigenvalue weighted by Gasteiger charge is -2.32. The number of nitrogens with zero attached hydrogens (tertiary/aromatic N) is 2. The van der Waals surface area contributed by atoms with Gasteiger partial charge in [0, 0.05) is 53.6 Å². The molecule has 3 aromatic rings. The van der Waals surface area contributed by atoms with Crippen molar-refractivity contribution in [2.24, 2.45) is 0 Å². The second-order valence-electron chi connectivity index (χ2n) is 8.96. The molecule has 11 heteroatoms. The molecular weight excluding hydrogens is 581 g/mol. The van der Waals surface area contributed by atoms with E-state index in [0.29, 0.717) is 26.3 Å². The van der Waals surface area contributed by atoms with Gasteiger partial charge < -0.3 is 10.2 Å². The van der Waals surface area contributed by atoms with E-state index in [1.807, 2.05) is 30.3 Å². The molecular formula is C28H30Cl3N3O4S. The van der Waals surface area contributed by atoms with E-state index >= 15 is 0 Å². The molecule has 0 radical (unpaired) electrons. The van der Waals surface area contributed by atoms with E-state index in [1.54, 1.807) is 42.5 Å². The summed E-state index contributed by atoms with van der Waals surface area (Å²) in [6.07, 6.45) is 1.59. The first kappa shape index (κ1) is 30.8. The van der Waals surface area contributed by atoms with Crippen LogP contribution in [0, 0.1) is 0 Å². The fourth-order valence-electron chi connectivity index (χ4n) is 4.19. The molecule has 0 unspecified atom stereocenters. The van der Waals surface area contributed by atoms with Crippen molar-refractivity contribution < 1.29 is 18.0 Å². The van der Waals surface area contributed by atoms with E-state index < -0.39 is 16.1 Å². The predicted octanol–water partition coefficient (Wildman–Crippen LogP) is 5.58. The Labute approximate surface area is 244 Å². The highest BCUT2D eigenvalue weighted by atomic mass is 35.5. The molecule has 0 fully saturated rings. The minimum absolute atomic E-state index is 0.00916. The fourth-order valence-corrected chi connectivity index (χ4v) is 5.79. The second-order valence-corrected chi connectivity index (χ2v) is 12.1. The Balaban J connectivity index is 1.88. The van der Waals surface area contributed by atoms with E-state index in [-0.39, 0.29) is 44.2 Å². The largest absolute Gasteiger partial charge is 0.357 e. The third-order valence-corrected chi connectivity index (χ3v) is 8.33. The number of benzene rings is 3. The first-order chi connectivity index (χ1) is 18.5. The van der Waals surface area contributed by atoms with E-state index in [2.05, 4.69) is 5.32 Å². The quantitative estimate of drug-likeness (QED) is 0.290. The van der Waals surface area contributed by atoms with Crippen LogP contribution < -0.4 is 9.62 Å². The van der Waals surface area contributed by atoms with Crippen LogP contribution >= 0.6 is 34.8 Å². The van der Waals surface area contributed by atoms with Gasteiger partial charge in [-0.1, -0.05) is 71.2 Å². The average molecular weight is 611 g/mol. The Bertz CT molecular complexity index is 1370. The van der Waals surface area contributed by atoms with Crippen LogP contribution in [0.3, 0.4) is 0 Å². The maximum Gasteiger partial charge on any atom is 0.242 e. The van der Waals surface area contributed by atoms with Crippen molar-refractivity contribution in [2.75, 3.05) is 24.2 Å².